The van der Waals surface area contributed by atoms with Crippen molar-refractivity contribution in [1.82, 2.24) is 10.6 Å². The number of carbonyl (C=O) groups is 1. The summed E-state index contributed by atoms with van der Waals surface area (Å²) in [5, 5.41) is 5.21. The summed E-state index contributed by atoms with van der Waals surface area (Å²) < 4.78 is 25.2. The molecule has 1 fully saturated rings. The molecule has 0 aliphatic carbocycles. The number of carbonyl (C=O) groups excluding carboxylic acids is 1. The van der Waals surface area contributed by atoms with Gasteiger partial charge in [-0.1, -0.05) is 12.1 Å². The van der Waals surface area contributed by atoms with Crippen LogP contribution in [0.3, 0.4) is 0 Å². The average Bonchev–Trinajstić information content (AvgIpc) is 2.53. The van der Waals surface area contributed by atoms with Gasteiger partial charge >= 0.3 is 6.03 Å². The molecule has 0 spiro atoms. The Balaban J connectivity index is 2.08. The molecule has 0 radical (unpaired) electrons. The molecule has 1 aliphatic rings. The summed E-state index contributed by atoms with van der Waals surface area (Å²) in [6.45, 7) is 0.361. The number of urea groups is 1. The summed E-state index contributed by atoms with van der Waals surface area (Å²) in [4.78, 5) is 15.2. The zero-order chi connectivity index (χ0) is 13.0. The SMILES string of the molecule is O=C1NCCC(OF)[C@@H](Cc2ccc(F)cc2)N1. The number of hydrogen-bond donors (Lipinski definition) is 2. The van der Waals surface area contributed by atoms with E-state index in [0.717, 1.165) is 5.56 Å². The highest BCUT2D eigenvalue weighted by atomic mass is 19.3. The zero-order valence-corrected chi connectivity index (χ0v) is 9.66. The van der Waals surface area contributed by atoms with Gasteiger partial charge in [-0.3, -0.25) is 0 Å². The number of benzene rings is 1. The van der Waals surface area contributed by atoms with E-state index in [-0.39, 0.29) is 11.8 Å². The Kier molecular flexibility index (Phi) is 4.09. The van der Waals surface area contributed by atoms with E-state index in [9.17, 15) is 13.7 Å². The van der Waals surface area contributed by atoms with Crippen LogP contribution in [0, 0.1) is 5.82 Å². The van der Waals surface area contributed by atoms with E-state index in [1.807, 2.05) is 0 Å². The van der Waals surface area contributed by atoms with Gasteiger partial charge in [-0.25, -0.2) is 9.18 Å². The summed E-state index contributed by atoms with van der Waals surface area (Å²) in [5.74, 6) is -0.330. The first-order chi connectivity index (χ1) is 8.69. The summed E-state index contributed by atoms with van der Waals surface area (Å²) in [5.41, 5.74) is 0.811. The van der Waals surface area contributed by atoms with Crippen molar-refractivity contribution in [3.8, 4) is 0 Å². The first-order valence-corrected chi connectivity index (χ1v) is 5.75. The molecule has 0 aromatic heterocycles. The molecule has 2 rings (SSSR count). The smallest absolute Gasteiger partial charge is 0.315 e. The first-order valence-electron chi connectivity index (χ1n) is 5.75. The van der Waals surface area contributed by atoms with E-state index < -0.39 is 12.1 Å². The molecular formula is C12H14F2N2O2. The molecule has 2 atom stereocenters. The van der Waals surface area contributed by atoms with E-state index in [1.165, 1.54) is 12.1 Å². The largest absolute Gasteiger partial charge is 0.338 e. The molecule has 0 saturated carbocycles. The molecule has 98 valence electrons. The molecule has 1 unspecified atom stereocenters. The summed E-state index contributed by atoms with van der Waals surface area (Å²) in [6, 6.07) is 5.06. The Labute approximate surface area is 103 Å². The standard InChI is InChI=1S/C12H14F2N2O2/c13-9-3-1-8(2-4-9)7-10-11(18-14)5-6-15-12(17)16-10/h1-4,10-11H,5-7H2,(H2,15,16,17)/t10-,11?/m1/s1. The molecule has 4 nitrogen and oxygen atoms in total. The topological polar surface area (TPSA) is 50.4 Å². The highest BCUT2D eigenvalue weighted by Gasteiger charge is 2.28. The maximum atomic E-state index is 12.8. The minimum absolute atomic E-state index is 0.330. The monoisotopic (exact) mass is 256 g/mol. The Morgan fingerprint density at radius 2 is 2.06 bits per heavy atom. The normalized spacial score (nSPS) is 24.0. The number of hydrogen-bond acceptors (Lipinski definition) is 2. The van der Waals surface area contributed by atoms with Crippen LogP contribution in [0.5, 0.6) is 0 Å². The van der Waals surface area contributed by atoms with Crippen LogP contribution >= 0.6 is 0 Å². The Bertz CT molecular complexity index is 411. The molecule has 1 aromatic rings. The van der Waals surface area contributed by atoms with Gasteiger partial charge in [0.1, 0.15) is 11.9 Å². The van der Waals surface area contributed by atoms with Gasteiger partial charge in [0.15, 0.2) is 0 Å². The van der Waals surface area contributed by atoms with Gasteiger partial charge in [0.2, 0.25) is 0 Å². The second kappa shape index (κ2) is 5.77. The fourth-order valence-electron chi connectivity index (χ4n) is 2.01. The van der Waals surface area contributed by atoms with Gasteiger partial charge in [-0.05, 0) is 35.1 Å². The molecule has 0 bridgehead atoms. The number of halogens is 2. The predicted octanol–water partition coefficient (Wildman–Crippen LogP) is 1.71. The van der Waals surface area contributed by atoms with E-state index in [1.54, 1.807) is 12.1 Å². The van der Waals surface area contributed by atoms with E-state index in [2.05, 4.69) is 15.6 Å². The Morgan fingerprint density at radius 3 is 2.72 bits per heavy atom. The number of amides is 2. The van der Waals surface area contributed by atoms with Gasteiger partial charge in [0, 0.05) is 6.54 Å². The lowest BCUT2D eigenvalue weighted by Crippen LogP contribution is -2.45. The van der Waals surface area contributed by atoms with E-state index in [4.69, 9.17) is 0 Å². The number of nitrogens with one attached hydrogen (secondary N) is 2. The van der Waals surface area contributed by atoms with Crippen LogP contribution in [-0.4, -0.2) is 24.7 Å². The maximum Gasteiger partial charge on any atom is 0.315 e. The third-order valence-corrected chi connectivity index (χ3v) is 2.96. The lowest BCUT2D eigenvalue weighted by molar-refractivity contribution is -0.187. The van der Waals surface area contributed by atoms with Crippen LogP contribution in [-0.2, 0) is 11.4 Å². The average molecular weight is 256 g/mol. The second-order valence-electron chi connectivity index (χ2n) is 4.25. The molecule has 1 saturated heterocycles. The van der Waals surface area contributed by atoms with Crippen molar-refractivity contribution in [1.29, 1.82) is 0 Å². The van der Waals surface area contributed by atoms with Crippen molar-refractivity contribution in [3.05, 3.63) is 35.6 Å². The summed E-state index contributed by atoms with van der Waals surface area (Å²) in [7, 11) is 0. The van der Waals surface area contributed by atoms with Gasteiger partial charge in [-0.15, -0.1) is 0 Å². The fourth-order valence-corrected chi connectivity index (χ4v) is 2.01. The van der Waals surface area contributed by atoms with Crippen molar-refractivity contribution in [2.24, 2.45) is 0 Å². The van der Waals surface area contributed by atoms with Crippen LogP contribution in [0.25, 0.3) is 0 Å². The number of rotatable bonds is 3. The molecule has 1 aromatic carbocycles. The van der Waals surface area contributed by atoms with Crippen LogP contribution in [0.2, 0.25) is 0 Å². The van der Waals surface area contributed by atoms with Gasteiger partial charge < -0.3 is 10.6 Å². The minimum atomic E-state index is -0.700. The lowest BCUT2D eigenvalue weighted by Gasteiger charge is -2.21. The zero-order valence-electron chi connectivity index (χ0n) is 9.66. The molecule has 2 amide bonds. The van der Waals surface area contributed by atoms with Crippen LogP contribution in [0.4, 0.5) is 13.7 Å². The Morgan fingerprint density at radius 1 is 1.33 bits per heavy atom. The molecule has 6 heteroatoms. The fraction of sp³-hybridized carbons (Fsp3) is 0.417. The van der Waals surface area contributed by atoms with Gasteiger partial charge in [0.05, 0.1) is 6.04 Å². The van der Waals surface area contributed by atoms with Crippen molar-refractivity contribution >= 4 is 6.03 Å². The highest BCUT2D eigenvalue weighted by molar-refractivity contribution is 5.74. The third kappa shape index (κ3) is 3.16. The van der Waals surface area contributed by atoms with E-state index in [0.29, 0.717) is 19.4 Å². The molecular weight excluding hydrogens is 242 g/mol. The third-order valence-electron chi connectivity index (χ3n) is 2.96. The molecule has 1 heterocycles. The van der Waals surface area contributed by atoms with Crippen molar-refractivity contribution < 1.29 is 18.7 Å². The second-order valence-corrected chi connectivity index (χ2v) is 4.25. The van der Waals surface area contributed by atoms with Crippen molar-refractivity contribution in [2.75, 3.05) is 6.54 Å². The predicted molar refractivity (Wildman–Crippen MR) is 61.0 cm³/mol. The quantitative estimate of drug-likeness (QED) is 0.865. The first kappa shape index (κ1) is 12.8. The Hall–Kier alpha value is -1.69. The van der Waals surface area contributed by atoms with Crippen LogP contribution in [0.15, 0.2) is 24.3 Å². The van der Waals surface area contributed by atoms with Crippen LogP contribution in [0.1, 0.15) is 12.0 Å². The minimum Gasteiger partial charge on any atom is -0.338 e. The van der Waals surface area contributed by atoms with Crippen LogP contribution < -0.4 is 10.6 Å². The lowest BCUT2D eigenvalue weighted by atomic mass is 10.00. The van der Waals surface area contributed by atoms with Gasteiger partial charge in [-0.2, -0.15) is 4.94 Å². The summed E-state index contributed by atoms with van der Waals surface area (Å²) in [6.07, 6.45) is 0.0811. The van der Waals surface area contributed by atoms with Crippen molar-refractivity contribution in [3.63, 3.8) is 0 Å². The molecule has 2 N–H and O–H groups in total. The maximum absolute atomic E-state index is 12.8. The summed E-state index contributed by atoms with van der Waals surface area (Å²) >= 11 is 0. The molecule has 1 aliphatic heterocycles. The van der Waals surface area contributed by atoms with Crippen molar-refractivity contribution in [2.45, 2.75) is 25.0 Å². The van der Waals surface area contributed by atoms with Gasteiger partial charge in [0.25, 0.3) is 0 Å². The highest BCUT2D eigenvalue weighted by Crippen LogP contribution is 2.14. The molecule has 18 heavy (non-hydrogen) atoms. The van der Waals surface area contributed by atoms with E-state index >= 15 is 0 Å².